The number of fused-ring (bicyclic) bond motifs is 3. The van der Waals surface area contributed by atoms with Crippen LogP contribution in [0.2, 0.25) is 0 Å². The predicted molar refractivity (Wildman–Crippen MR) is 87.6 cm³/mol. The molecule has 2 nitrogen and oxygen atoms in total. The molecule has 0 aliphatic carbocycles. The quantitative estimate of drug-likeness (QED) is 0.769. The molecule has 3 heterocycles. The maximum absolute atomic E-state index is 2.68. The number of benzene rings is 1. The largest absolute Gasteiger partial charge is 0.354 e. The van der Waals surface area contributed by atoms with Gasteiger partial charge in [0.25, 0.3) is 0 Å². The van der Waals surface area contributed by atoms with Gasteiger partial charge >= 0.3 is 0 Å². The highest BCUT2D eigenvalue weighted by molar-refractivity contribution is 8.93. The third-order valence-electron chi connectivity index (χ3n) is 4.83. The molecule has 1 saturated heterocycles. The van der Waals surface area contributed by atoms with Crippen molar-refractivity contribution in [3.63, 3.8) is 0 Å². The number of hydrogen-bond acceptors (Lipinski definition) is 1. The summed E-state index contributed by atoms with van der Waals surface area (Å²) >= 11 is 0. The monoisotopic (exact) mass is 332 g/mol. The summed E-state index contributed by atoms with van der Waals surface area (Å²) in [5, 5.41) is 0. The van der Waals surface area contributed by atoms with Crippen LogP contribution in [-0.4, -0.2) is 22.6 Å². The van der Waals surface area contributed by atoms with E-state index < -0.39 is 0 Å². The minimum absolute atomic E-state index is 0. The lowest BCUT2D eigenvalue weighted by Gasteiger charge is -2.36. The second kappa shape index (κ2) is 5.38. The van der Waals surface area contributed by atoms with E-state index in [1.54, 1.807) is 5.56 Å². The van der Waals surface area contributed by atoms with Gasteiger partial charge in [-0.05, 0) is 36.6 Å². The highest BCUT2D eigenvalue weighted by Gasteiger charge is 2.37. The zero-order valence-electron chi connectivity index (χ0n) is 11.8. The average molecular weight is 333 g/mol. The molecule has 106 valence electrons. The number of nitrogens with zero attached hydrogens (tertiary/aromatic N) is 2. The van der Waals surface area contributed by atoms with Crippen molar-refractivity contribution in [2.45, 2.75) is 24.8 Å². The number of hydrogen-bond donors (Lipinski definition) is 0. The summed E-state index contributed by atoms with van der Waals surface area (Å²) in [4.78, 5) is 2.68. The van der Waals surface area contributed by atoms with E-state index in [0.29, 0.717) is 12.0 Å². The van der Waals surface area contributed by atoms with E-state index in [1.807, 2.05) is 0 Å². The molecule has 0 radical (unpaired) electrons. The molecule has 2 atom stereocenters. The molecule has 1 fully saturated rings. The summed E-state index contributed by atoms with van der Waals surface area (Å²) in [7, 11) is 2.19. The number of rotatable bonds is 1. The molecule has 0 saturated carbocycles. The molecule has 0 amide bonds. The van der Waals surface area contributed by atoms with E-state index in [2.05, 4.69) is 59.1 Å². The minimum atomic E-state index is 0. The van der Waals surface area contributed by atoms with Gasteiger partial charge in [0.1, 0.15) is 0 Å². The van der Waals surface area contributed by atoms with Crippen molar-refractivity contribution in [3.05, 3.63) is 59.4 Å². The molecular weight excluding hydrogens is 312 g/mol. The standard InChI is InChI=1S/C17H20N2.BrH/c1-18-11-9-14-16-8-5-10-19(16)12-15(17(14)18)13-6-3-2-4-7-13;/h2-4,6-7,9,11,15-16H,5,8,10,12H2,1H3;1H/t15-,16+;/m1./s1. The van der Waals surface area contributed by atoms with Crippen molar-refractivity contribution in [1.29, 1.82) is 0 Å². The molecule has 0 N–H and O–H groups in total. The van der Waals surface area contributed by atoms with Crippen LogP contribution in [0.25, 0.3) is 0 Å². The highest BCUT2D eigenvalue weighted by Crippen LogP contribution is 2.44. The van der Waals surface area contributed by atoms with Gasteiger partial charge in [0, 0.05) is 37.4 Å². The van der Waals surface area contributed by atoms with Crippen LogP contribution in [-0.2, 0) is 7.05 Å². The zero-order chi connectivity index (χ0) is 12.8. The lowest BCUT2D eigenvalue weighted by molar-refractivity contribution is 0.227. The van der Waals surface area contributed by atoms with Crippen molar-refractivity contribution in [1.82, 2.24) is 9.47 Å². The van der Waals surface area contributed by atoms with Crippen LogP contribution in [0.3, 0.4) is 0 Å². The van der Waals surface area contributed by atoms with Gasteiger partial charge in [-0.2, -0.15) is 0 Å². The third kappa shape index (κ3) is 2.04. The van der Waals surface area contributed by atoms with Crippen molar-refractivity contribution >= 4 is 17.0 Å². The smallest absolute Gasteiger partial charge is 0.0373 e. The topological polar surface area (TPSA) is 8.17 Å². The van der Waals surface area contributed by atoms with Gasteiger partial charge in [0.15, 0.2) is 0 Å². The van der Waals surface area contributed by atoms with Gasteiger partial charge in [0.2, 0.25) is 0 Å². The van der Waals surface area contributed by atoms with E-state index in [9.17, 15) is 0 Å². The fourth-order valence-corrected chi connectivity index (χ4v) is 3.96. The van der Waals surface area contributed by atoms with Gasteiger partial charge in [-0.25, -0.2) is 0 Å². The van der Waals surface area contributed by atoms with Gasteiger partial charge in [-0.15, -0.1) is 17.0 Å². The lowest BCUT2D eigenvalue weighted by atomic mass is 9.86. The Balaban J connectivity index is 0.00000121. The Morgan fingerprint density at radius 1 is 1.10 bits per heavy atom. The number of halogens is 1. The van der Waals surface area contributed by atoms with E-state index >= 15 is 0 Å². The minimum Gasteiger partial charge on any atom is -0.354 e. The Labute approximate surface area is 131 Å². The van der Waals surface area contributed by atoms with Gasteiger partial charge < -0.3 is 4.57 Å². The zero-order valence-corrected chi connectivity index (χ0v) is 13.5. The molecule has 20 heavy (non-hydrogen) atoms. The van der Waals surface area contributed by atoms with Crippen molar-refractivity contribution in [2.75, 3.05) is 13.1 Å². The molecule has 3 heteroatoms. The summed E-state index contributed by atoms with van der Waals surface area (Å²) in [5.41, 5.74) is 4.56. The summed E-state index contributed by atoms with van der Waals surface area (Å²) in [5.74, 6) is 0.533. The average Bonchev–Trinajstić information content (AvgIpc) is 3.05. The van der Waals surface area contributed by atoms with E-state index in [1.165, 1.54) is 37.2 Å². The van der Waals surface area contributed by atoms with Crippen LogP contribution in [0, 0.1) is 0 Å². The molecule has 1 aromatic carbocycles. The van der Waals surface area contributed by atoms with Crippen LogP contribution >= 0.6 is 17.0 Å². The van der Waals surface area contributed by atoms with Crippen LogP contribution in [0.15, 0.2) is 42.6 Å². The highest BCUT2D eigenvalue weighted by atomic mass is 79.9. The van der Waals surface area contributed by atoms with Gasteiger partial charge in [0.05, 0.1) is 0 Å². The van der Waals surface area contributed by atoms with Gasteiger partial charge in [-0.3, -0.25) is 4.90 Å². The molecule has 4 rings (SSSR count). The van der Waals surface area contributed by atoms with E-state index in [0.717, 1.165) is 0 Å². The number of aryl methyl sites for hydroxylation is 1. The predicted octanol–water partition coefficient (Wildman–Crippen LogP) is 3.89. The Bertz CT molecular complexity index is 590. The van der Waals surface area contributed by atoms with Gasteiger partial charge in [-0.1, -0.05) is 30.3 Å². The first-order chi connectivity index (χ1) is 9.34. The third-order valence-corrected chi connectivity index (χ3v) is 4.83. The Morgan fingerprint density at radius 3 is 2.70 bits per heavy atom. The Hall–Kier alpha value is -1.06. The first-order valence-electron chi connectivity index (χ1n) is 7.28. The molecule has 2 aliphatic heterocycles. The maximum Gasteiger partial charge on any atom is 0.0373 e. The summed E-state index contributed by atoms with van der Waals surface area (Å²) in [6, 6.07) is 14.0. The molecule has 2 aliphatic rings. The van der Waals surface area contributed by atoms with Crippen molar-refractivity contribution in [3.8, 4) is 0 Å². The lowest BCUT2D eigenvalue weighted by Crippen LogP contribution is -2.35. The molecule has 1 aromatic heterocycles. The van der Waals surface area contributed by atoms with Crippen LogP contribution in [0.5, 0.6) is 0 Å². The molecular formula is C17H21BrN2. The summed E-state index contributed by atoms with van der Waals surface area (Å²) < 4.78 is 2.34. The molecule has 0 spiro atoms. The summed E-state index contributed by atoms with van der Waals surface area (Å²) in [6.45, 7) is 2.45. The van der Waals surface area contributed by atoms with Crippen LogP contribution < -0.4 is 0 Å². The SMILES string of the molecule is Br.Cn1ccc2c1[C@@H](c1ccccc1)CN1CCC[C@@H]21. The summed E-state index contributed by atoms with van der Waals surface area (Å²) in [6.07, 6.45) is 4.92. The fraction of sp³-hybridized carbons (Fsp3) is 0.412. The molecule has 2 aromatic rings. The van der Waals surface area contributed by atoms with Crippen LogP contribution in [0.4, 0.5) is 0 Å². The first kappa shape index (κ1) is 13.9. The van der Waals surface area contributed by atoms with Crippen molar-refractivity contribution < 1.29 is 0 Å². The van der Waals surface area contributed by atoms with E-state index in [-0.39, 0.29) is 17.0 Å². The maximum atomic E-state index is 2.68. The van der Waals surface area contributed by atoms with Crippen molar-refractivity contribution in [2.24, 2.45) is 7.05 Å². The number of aromatic nitrogens is 1. The molecule has 0 unspecified atom stereocenters. The normalized spacial score (nSPS) is 24.9. The first-order valence-corrected chi connectivity index (χ1v) is 7.28. The molecule has 0 bridgehead atoms. The Morgan fingerprint density at radius 2 is 1.90 bits per heavy atom. The fourth-order valence-electron chi connectivity index (χ4n) is 3.96. The second-order valence-corrected chi connectivity index (χ2v) is 5.88. The van der Waals surface area contributed by atoms with E-state index in [4.69, 9.17) is 0 Å². The Kier molecular flexibility index (Phi) is 3.74. The second-order valence-electron chi connectivity index (χ2n) is 5.88. The van der Waals surface area contributed by atoms with Crippen LogP contribution in [0.1, 0.15) is 41.6 Å².